The number of nitrogens with zero attached hydrogens (tertiary/aromatic N) is 1. The number of rotatable bonds is 4. The fourth-order valence-corrected chi connectivity index (χ4v) is 2.84. The largest absolute Gasteiger partial charge is 0.353 e. The highest BCUT2D eigenvalue weighted by molar-refractivity contribution is 6.30. The zero-order valence-electron chi connectivity index (χ0n) is 12.6. The highest BCUT2D eigenvalue weighted by atomic mass is 35.5. The SMILES string of the molecule is CN=C(NCc1cccc(Cl)c1)NC1CC1c1ccccc1. The first-order valence-electron chi connectivity index (χ1n) is 7.53. The number of guanidine groups is 1. The fourth-order valence-electron chi connectivity index (χ4n) is 2.63. The second-order valence-electron chi connectivity index (χ2n) is 5.56. The number of nitrogens with one attached hydrogen (secondary N) is 2. The maximum absolute atomic E-state index is 6.00. The Hall–Kier alpha value is -2.00. The van der Waals surface area contributed by atoms with E-state index in [9.17, 15) is 0 Å². The zero-order chi connectivity index (χ0) is 15.4. The molecular formula is C18H20ClN3. The molecule has 114 valence electrons. The molecule has 0 aliphatic heterocycles. The molecule has 0 saturated heterocycles. The van der Waals surface area contributed by atoms with Gasteiger partial charge >= 0.3 is 0 Å². The number of halogens is 1. The maximum atomic E-state index is 6.00. The van der Waals surface area contributed by atoms with Gasteiger partial charge in [-0.05, 0) is 29.7 Å². The van der Waals surface area contributed by atoms with Crippen LogP contribution in [0.3, 0.4) is 0 Å². The third-order valence-electron chi connectivity index (χ3n) is 3.91. The van der Waals surface area contributed by atoms with Crippen molar-refractivity contribution < 1.29 is 0 Å². The summed E-state index contributed by atoms with van der Waals surface area (Å²) < 4.78 is 0. The topological polar surface area (TPSA) is 36.4 Å². The molecule has 3 nitrogen and oxygen atoms in total. The lowest BCUT2D eigenvalue weighted by Crippen LogP contribution is -2.38. The molecule has 2 atom stereocenters. The molecule has 1 fully saturated rings. The molecule has 0 spiro atoms. The minimum Gasteiger partial charge on any atom is -0.353 e. The van der Waals surface area contributed by atoms with Gasteiger partial charge in [-0.15, -0.1) is 0 Å². The van der Waals surface area contributed by atoms with E-state index in [1.54, 1.807) is 7.05 Å². The second-order valence-corrected chi connectivity index (χ2v) is 6.00. The highest BCUT2D eigenvalue weighted by Gasteiger charge is 2.38. The molecular weight excluding hydrogens is 294 g/mol. The molecule has 1 saturated carbocycles. The van der Waals surface area contributed by atoms with E-state index in [0.717, 1.165) is 23.0 Å². The van der Waals surface area contributed by atoms with Crippen LogP contribution in [0.5, 0.6) is 0 Å². The van der Waals surface area contributed by atoms with Crippen LogP contribution in [0.25, 0.3) is 0 Å². The Kier molecular flexibility index (Phi) is 4.64. The Labute approximate surface area is 136 Å². The molecule has 0 heterocycles. The van der Waals surface area contributed by atoms with Gasteiger partial charge < -0.3 is 10.6 Å². The normalized spacial score (nSPS) is 20.5. The first-order valence-corrected chi connectivity index (χ1v) is 7.90. The Morgan fingerprint density at radius 1 is 1.18 bits per heavy atom. The van der Waals surface area contributed by atoms with Crippen LogP contribution in [0.1, 0.15) is 23.5 Å². The summed E-state index contributed by atoms with van der Waals surface area (Å²) in [5.74, 6) is 1.43. The minimum absolute atomic E-state index is 0.466. The van der Waals surface area contributed by atoms with Gasteiger partial charge in [0.1, 0.15) is 0 Å². The summed E-state index contributed by atoms with van der Waals surface area (Å²) in [5, 5.41) is 7.57. The third kappa shape index (κ3) is 3.80. The lowest BCUT2D eigenvalue weighted by atomic mass is 10.1. The summed E-state index contributed by atoms with van der Waals surface area (Å²) in [4.78, 5) is 4.30. The molecule has 3 rings (SSSR count). The summed E-state index contributed by atoms with van der Waals surface area (Å²) in [6.45, 7) is 0.711. The summed E-state index contributed by atoms with van der Waals surface area (Å²) in [6.07, 6.45) is 1.15. The van der Waals surface area contributed by atoms with Crippen molar-refractivity contribution in [3.05, 3.63) is 70.7 Å². The maximum Gasteiger partial charge on any atom is 0.191 e. The Morgan fingerprint density at radius 2 is 2.00 bits per heavy atom. The average Bonchev–Trinajstić information content (AvgIpc) is 3.31. The summed E-state index contributed by atoms with van der Waals surface area (Å²) >= 11 is 6.00. The van der Waals surface area contributed by atoms with Crippen LogP contribution in [0.15, 0.2) is 59.6 Å². The Morgan fingerprint density at radius 3 is 2.73 bits per heavy atom. The van der Waals surface area contributed by atoms with E-state index in [0.29, 0.717) is 18.5 Å². The minimum atomic E-state index is 0.466. The van der Waals surface area contributed by atoms with E-state index >= 15 is 0 Å². The molecule has 0 radical (unpaired) electrons. The predicted octanol–water partition coefficient (Wildman–Crippen LogP) is 3.56. The van der Waals surface area contributed by atoms with E-state index in [2.05, 4.69) is 52.0 Å². The van der Waals surface area contributed by atoms with Crippen molar-refractivity contribution in [2.45, 2.75) is 24.9 Å². The van der Waals surface area contributed by atoms with Crippen LogP contribution in [0, 0.1) is 0 Å². The quantitative estimate of drug-likeness (QED) is 0.669. The molecule has 1 aliphatic rings. The molecule has 1 aliphatic carbocycles. The van der Waals surface area contributed by atoms with Crippen LogP contribution >= 0.6 is 11.6 Å². The van der Waals surface area contributed by atoms with Crippen LogP contribution in [-0.4, -0.2) is 19.0 Å². The Balaban J connectivity index is 1.51. The van der Waals surface area contributed by atoms with E-state index in [4.69, 9.17) is 11.6 Å². The molecule has 2 unspecified atom stereocenters. The van der Waals surface area contributed by atoms with Crippen molar-refractivity contribution in [2.24, 2.45) is 4.99 Å². The van der Waals surface area contributed by atoms with E-state index in [1.807, 2.05) is 18.2 Å². The highest BCUT2D eigenvalue weighted by Crippen LogP contribution is 2.40. The predicted molar refractivity (Wildman–Crippen MR) is 92.4 cm³/mol. The summed E-state index contributed by atoms with van der Waals surface area (Å²) in [5.41, 5.74) is 2.54. The standard InChI is InChI=1S/C18H20ClN3/c1-20-18(21-12-13-6-5-9-15(19)10-13)22-17-11-16(17)14-7-3-2-4-8-14/h2-10,16-17H,11-12H2,1H3,(H2,20,21,22). The lowest BCUT2D eigenvalue weighted by molar-refractivity contribution is 0.790. The molecule has 0 aromatic heterocycles. The van der Waals surface area contributed by atoms with Crippen molar-refractivity contribution in [3.63, 3.8) is 0 Å². The van der Waals surface area contributed by atoms with Gasteiger partial charge in [0.05, 0.1) is 0 Å². The first kappa shape index (κ1) is 14.9. The van der Waals surface area contributed by atoms with E-state index < -0.39 is 0 Å². The van der Waals surface area contributed by atoms with Crippen LogP contribution in [0.4, 0.5) is 0 Å². The number of benzene rings is 2. The van der Waals surface area contributed by atoms with Gasteiger partial charge in [0, 0.05) is 30.6 Å². The molecule has 0 amide bonds. The van der Waals surface area contributed by atoms with Crippen molar-refractivity contribution in [1.29, 1.82) is 0 Å². The second kappa shape index (κ2) is 6.84. The smallest absolute Gasteiger partial charge is 0.191 e. The van der Waals surface area contributed by atoms with E-state index in [-0.39, 0.29) is 0 Å². The van der Waals surface area contributed by atoms with Gasteiger partial charge in [-0.2, -0.15) is 0 Å². The molecule has 2 aromatic rings. The van der Waals surface area contributed by atoms with Crippen molar-refractivity contribution in [1.82, 2.24) is 10.6 Å². The number of hydrogen-bond donors (Lipinski definition) is 2. The van der Waals surface area contributed by atoms with Gasteiger partial charge in [-0.25, -0.2) is 0 Å². The van der Waals surface area contributed by atoms with Gasteiger partial charge in [0.2, 0.25) is 0 Å². The zero-order valence-corrected chi connectivity index (χ0v) is 13.3. The Bertz CT molecular complexity index is 654. The van der Waals surface area contributed by atoms with Crippen molar-refractivity contribution >= 4 is 17.6 Å². The third-order valence-corrected chi connectivity index (χ3v) is 4.15. The first-order chi connectivity index (χ1) is 10.8. The van der Waals surface area contributed by atoms with Gasteiger partial charge in [0.25, 0.3) is 0 Å². The number of aliphatic imine (C=N–C) groups is 1. The molecule has 2 aromatic carbocycles. The van der Waals surface area contributed by atoms with Crippen LogP contribution < -0.4 is 10.6 Å². The van der Waals surface area contributed by atoms with Crippen LogP contribution in [0.2, 0.25) is 5.02 Å². The average molecular weight is 314 g/mol. The number of hydrogen-bond acceptors (Lipinski definition) is 1. The molecule has 2 N–H and O–H groups in total. The van der Waals surface area contributed by atoms with Gasteiger partial charge in [0.15, 0.2) is 5.96 Å². The molecule has 0 bridgehead atoms. The molecule has 4 heteroatoms. The summed E-state index contributed by atoms with van der Waals surface area (Å²) in [7, 11) is 1.80. The van der Waals surface area contributed by atoms with E-state index in [1.165, 1.54) is 5.56 Å². The fraction of sp³-hybridized carbons (Fsp3) is 0.278. The van der Waals surface area contributed by atoms with Gasteiger partial charge in [-0.1, -0.05) is 54.1 Å². The van der Waals surface area contributed by atoms with Crippen LogP contribution in [-0.2, 0) is 6.54 Å². The molecule has 22 heavy (non-hydrogen) atoms. The van der Waals surface area contributed by atoms with Gasteiger partial charge in [-0.3, -0.25) is 4.99 Å². The van der Waals surface area contributed by atoms with Crippen molar-refractivity contribution in [2.75, 3.05) is 7.05 Å². The monoisotopic (exact) mass is 313 g/mol. The van der Waals surface area contributed by atoms with Crippen molar-refractivity contribution in [3.8, 4) is 0 Å². The lowest BCUT2D eigenvalue weighted by Gasteiger charge is -2.12. The summed E-state index contributed by atoms with van der Waals surface area (Å²) in [6, 6.07) is 18.9.